The van der Waals surface area contributed by atoms with Gasteiger partial charge >= 0.3 is 5.97 Å². The summed E-state index contributed by atoms with van der Waals surface area (Å²) in [5.41, 5.74) is 3.43. The minimum Gasteiger partial charge on any atom is -0.493 e. The quantitative estimate of drug-likeness (QED) is 0.682. The number of hydrogen-bond donors (Lipinski definition) is 0. The van der Waals surface area contributed by atoms with Crippen LogP contribution < -0.4 is 4.74 Å². The van der Waals surface area contributed by atoms with Gasteiger partial charge in [-0.25, -0.2) is 4.79 Å². The Hall–Kier alpha value is -2.88. The summed E-state index contributed by atoms with van der Waals surface area (Å²) in [6.07, 6.45) is 2.23. The number of aromatic nitrogens is 1. The Kier molecular flexibility index (Phi) is 3.65. The maximum absolute atomic E-state index is 12.4. The number of carbonyl (C=O) groups is 1. The third kappa shape index (κ3) is 2.71. The lowest BCUT2D eigenvalue weighted by molar-refractivity contribution is 0.0337. The minimum absolute atomic E-state index is 0.328. The number of para-hydroxylation sites is 1. The molecule has 0 fully saturated rings. The lowest BCUT2D eigenvalue weighted by Crippen LogP contribution is -2.09. The fraction of sp³-hybridized carbons (Fsp3) is 0.200. The highest BCUT2D eigenvalue weighted by Crippen LogP contribution is 2.27. The fourth-order valence-electron chi connectivity index (χ4n) is 2.92. The molecule has 4 rings (SSSR count). The summed E-state index contributed by atoms with van der Waals surface area (Å²) < 4.78 is 11.1. The van der Waals surface area contributed by atoms with Gasteiger partial charge in [0.25, 0.3) is 0 Å². The number of esters is 1. The predicted octanol–water partition coefficient (Wildman–Crippen LogP) is 4.09. The first-order valence-electron chi connectivity index (χ1n) is 8.02. The van der Waals surface area contributed by atoms with E-state index in [4.69, 9.17) is 9.47 Å². The Morgan fingerprint density at radius 2 is 2.08 bits per heavy atom. The van der Waals surface area contributed by atoms with Crippen LogP contribution in [-0.4, -0.2) is 17.6 Å². The molecule has 4 nitrogen and oxygen atoms in total. The molecule has 0 aliphatic carbocycles. The van der Waals surface area contributed by atoms with Crippen molar-refractivity contribution in [3.05, 3.63) is 71.4 Å². The van der Waals surface area contributed by atoms with Crippen molar-refractivity contribution in [1.82, 2.24) is 4.98 Å². The minimum atomic E-state index is -0.362. The second kappa shape index (κ2) is 5.96. The standard InChI is InChI=1S/C20H17NO3/c1-13(17-10-14-4-2-3-5-18(14)21-12-17)24-20(22)16-6-7-19-15(11-16)8-9-23-19/h2-7,10-13H,8-9H2,1H3. The highest BCUT2D eigenvalue weighted by atomic mass is 16.5. The zero-order valence-electron chi connectivity index (χ0n) is 13.4. The molecular weight excluding hydrogens is 302 g/mol. The lowest BCUT2D eigenvalue weighted by Gasteiger charge is -2.14. The van der Waals surface area contributed by atoms with E-state index in [0.717, 1.165) is 34.2 Å². The van der Waals surface area contributed by atoms with Gasteiger partial charge in [-0.15, -0.1) is 0 Å². The smallest absolute Gasteiger partial charge is 0.338 e. The number of carbonyl (C=O) groups excluding carboxylic acids is 1. The number of pyridine rings is 1. The summed E-state index contributed by atoms with van der Waals surface area (Å²) in [7, 11) is 0. The van der Waals surface area contributed by atoms with E-state index in [1.54, 1.807) is 12.3 Å². The second-order valence-corrected chi connectivity index (χ2v) is 5.93. The summed E-state index contributed by atoms with van der Waals surface area (Å²) >= 11 is 0. The maximum Gasteiger partial charge on any atom is 0.338 e. The molecule has 1 unspecified atom stereocenters. The van der Waals surface area contributed by atoms with Gasteiger partial charge < -0.3 is 9.47 Å². The molecule has 0 saturated heterocycles. The summed E-state index contributed by atoms with van der Waals surface area (Å²) in [5, 5.41) is 1.03. The van der Waals surface area contributed by atoms with Crippen LogP contribution in [0.3, 0.4) is 0 Å². The van der Waals surface area contributed by atoms with E-state index < -0.39 is 0 Å². The van der Waals surface area contributed by atoms with Gasteiger partial charge in [-0.3, -0.25) is 4.98 Å². The molecule has 0 bridgehead atoms. The molecular formula is C20H17NO3. The van der Waals surface area contributed by atoms with Crippen LogP contribution in [0.2, 0.25) is 0 Å². The number of hydrogen-bond acceptors (Lipinski definition) is 4. The zero-order valence-corrected chi connectivity index (χ0v) is 13.4. The molecule has 0 radical (unpaired) electrons. The molecule has 2 heterocycles. The lowest BCUT2D eigenvalue weighted by atomic mass is 10.1. The summed E-state index contributed by atoms with van der Waals surface area (Å²) in [6, 6.07) is 15.3. The van der Waals surface area contributed by atoms with Gasteiger partial charge in [-0.2, -0.15) is 0 Å². The van der Waals surface area contributed by atoms with Crippen molar-refractivity contribution >= 4 is 16.9 Å². The van der Waals surface area contributed by atoms with Gasteiger partial charge in [-0.05, 0) is 42.8 Å². The number of fused-ring (bicyclic) bond motifs is 2. The Morgan fingerprint density at radius 1 is 1.21 bits per heavy atom. The van der Waals surface area contributed by atoms with E-state index in [1.807, 2.05) is 49.4 Å². The molecule has 1 atom stereocenters. The Bertz CT molecular complexity index is 920. The van der Waals surface area contributed by atoms with Crippen LogP contribution in [0.1, 0.15) is 34.5 Å². The summed E-state index contributed by atoms with van der Waals surface area (Å²) in [4.78, 5) is 16.8. The molecule has 0 saturated carbocycles. The molecule has 0 amide bonds. The normalized spacial score (nSPS) is 14.0. The van der Waals surface area contributed by atoms with Gasteiger partial charge in [0.1, 0.15) is 11.9 Å². The van der Waals surface area contributed by atoms with E-state index in [-0.39, 0.29) is 12.1 Å². The van der Waals surface area contributed by atoms with Crippen LogP contribution >= 0.6 is 0 Å². The second-order valence-electron chi connectivity index (χ2n) is 5.93. The van der Waals surface area contributed by atoms with Gasteiger partial charge in [0.2, 0.25) is 0 Å². The van der Waals surface area contributed by atoms with Crippen LogP contribution in [0.15, 0.2) is 54.7 Å². The van der Waals surface area contributed by atoms with Crippen molar-refractivity contribution in [2.75, 3.05) is 6.61 Å². The van der Waals surface area contributed by atoms with Gasteiger partial charge in [0, 0.05) is 23.6 Å². The van der Waals surface area contributed by atoms with Crippen LogP contribution in [0.25, 0.3) is 10.9 Å². The molecule has 1 aliphatic heterocycles. The van der Waals surface area contributed by atoms with Crippen molar-refractivity contribution in [2.45, 2.75) is 19.4 Å². The van der Waals surface area contributed by atoms with Crippen LogP contribution in [0.4, 0.5) is 0 Å². The average molecular weight is 319 g/mol. The maximum atomic E-state index is 12.4. The first-order valence-corrected chi connectivity index (χ1v) is 8.02. The number of ether oxygens (including phenoxy) is 2. The topological polar surface area (TPSA) is 48.4 Å². The zero-order chi connectivity index (χ0) is 16.5. The Balaban J connectivity index is 1.54. The Morgan fingerprint density at radius 3 is 3.00 bits per heavy atom. The van der Waals surface area contributed by atoms with Gasteiger partial charge in [0.05, 0.1) is 17.7 Å². The molecule has 0 N–H and O–H groups in total. The first-order chi connectivity index (χ1) is 11.7. The molecule has 4 heteroatoms. The van der Waals surface area contributed by atoms with Crippen molar-refractivity contribution in [3.63, 3.8) is 0 Å². The van der Waals surface area contributed by atoms with Crippen LogP contribution in [0.5, 0.6) is 5.75 Å². The highest BCUT2D eigenvalue weighted by Gasteiger charge is 2.18. The largest absolute Gasteiger partial charge is 0.493 e. The van der Waals surface area contributed by atoms with E-state index in [2.05, 4.69) is 4.98 Å². The van der Waals surface area contributed by atoms with E-state index >= 15 is 0 Å². The third-order valence-electron chi connectivity index (χ3n) is 4.29. The molecule has 3 aromatic rings. The monoisotopic (exact) mass is 319 g/mol. The van der Waals surface area contributed by atoms with E-state index in [0.29, 0.717) is 12.2 Å². The number of rotatable bonds is 3. The van der Waals surface area contributed by atoms with E-state index in [9.17, 15) is 4.79 Å². The summed E-state index contributed by atoms with van der Waals surface area (Å²) in [5.74, 6) is 0.531. The van der Waals surface area contributed by atoms with Gasteiger partial charge in [0.15, 0.2) is 0 Å². The predicted molar refractivity (Wildman–Crippen MR) is 91.2 cm³/mol. The molecule has 24 heavy (non-hydrogen) atoms. The highest BCUT2D eigenvalue weighted by molar-refractivity contribution is 5.90. The summed E-state index contributed by atoms with van der Waals surface area (Å²) in [6.45, 7) is 2.53. The van der Waals surface area contributed by atoms with Crippen LogP contribution in [-0.2, 0) is 11.2 Å². The Labute approximate surface area is 140 Å². The third-order valence-corrected chi connectivity index (χ3v) is 4.29. The fourth-order valence-corrected chi connectivity index (χ4v) is 2.92. The van der Waals surface area contributed by atoms with Crippen molar-refractivity contribution in [1.29, 1.82) is 0 Å². The van der Waals surface area contributed by atoms with Crippen molar-refractivity contribution in [2.24, 2.45) is 0 Å². The molecule has 120 valence electrons. The van der Waals surface area contributed by atoms with Crippen LogP contribution in [0, 0.1) is 0 Å². The molecule has 0 spiro atoms. The molecule has 1 aromatic heterocycles. The van der Waals surface area contributed by atoms with Gasteiger partial charge in [-0.1, -0.05) is 18.2 Å². The first kappa shape index (κ1) is 14.7. The molecule has 1 aliphatic rings. The SMILES string of the molecule is CC(OC(=O)c1ccc2c(c1)CCO2)c1cnc2ccccc2c1. The van der Waals surface area contributed by atoms with Crippen molar-refractivity contribution < 1.29 is 14.3 Å². The average Bonchev–Trinajstić information content (AvgIpc) is 3.08. The molecule has 2 aromatic carbocycles. The number of benzene rings is 2. The van der Waals surface area contributed by atoms with Crippen molar-refractivity contribution in [3.8, 4) is 5.75 Å². The number of nitrogens with zero attached hydrogens (tertiary/aromatic N) is 1. The van der Waals surface area contributed by atoms with E-state index in [1.165, 1.54) is 0 Å².